The SMILES string of the molecule is O=C(NC[C@H](NS(=O)(=O)c1c(Cl)cccc1Cl)C(=O)O)C1=NOC2(CNC(CNC3=NCCN3)C2)C1. The molecule has 0 aromatic heterocycles. The van der Waals surface area contributed by atoms with Crippen LogP contribution < -0.4 is 26.0 Å². The summed E-state index contributed by atoms with van der Waals surface area (Å²) in [4.78, 5) is 33.7. The minimum absolute atomic E-state index is 0.0788. The Kier molecular flexibility index (Phi) is 7.90. The van der Waals surface area contributed by atoms with Crippen molar-refractivity contribution in [2.24, 2.45) is 10.1 Å². The van der Waals surface area contributed by atoms with Gasteiger partial charge in [-0.15, -0.1) is 0 Å². The number of benzene rings is 1. The van der Waals surface area contributed by atoms with Gasteiger partial charge in [0, 0.05) is 45.1 Å². The quantitative estimate of drug-likeness (QED) is 0.226. The molecule has 3 atom stereocenters. The Balaban J connectivity index is 1.30. The largest absolute Gasteiger partial charge is 0.480 e. The van der Waals surface area contributed by atoms with Crippen LogP contribution >= 0.6 is 23.2 Å². The summed E-state index contributed by atoms with van der Waals surface area (Å²) in [7, 11) is -4.40. The van der Waals surface area contributed by atoms with E-state index in [0.717, 1.165) is 19.0 Å². The second kappa shape index (κ2) is 10.8. The highest BCUT2D eigenvalue weighted by molar-refractivity contribution is 7.89. The molecule has 1 aromatic rings. The molecule has 1 fully saturated rings. The molecule has 0 aliphatic carbocycles. The minimum atomic E-state index is -4.40. The number of sulfonamides is 1. The molecule has 1 aromatic carbocycles. The lowest BCUT2D eigenvalue weighted by molar-refractivity contribution is -0.138. The van der Waals surface area contributed by atoms with Gasteiger partial charge in [0.05, 0.1) is 16.6 Å². The number of oxime groups is 1. The zero-order chi connectivity index (χ0) is 25.9. The van der Waals surface area contributed by atoms with Crippen LogP contribution in [-0.4, -0.2) is 87.5 Å². The van der Waals surface area contributed by atoms with Crippen molar-refractivity contribution in [3.63, 3.8) is 0 Å². The maximum absolute atomic E-state index is 12.7. The predicted molar refractivity (Wildman–Crippen MR) is 132 cm³/mol. The van der Waals surface area contributed by atoms with Crippen molar-refractivity contribution in [3.05, 3.63) is 28.2 Å². The average molecular weight is 562 g/mol. The van der Waals surface area contributed by atoms with Crippen LogP contribution in [0.3, 0.4) is 0 Å². The second-order valence-electron chi connectivity index (χ2n) is 8.58. The molecule has 1 spiro atoms. The molecule has 4 rings (SSSR count). The van der Waals surface area contributed by atoms with Crippen molar-refractivity contribution in [1.82, 2.24) is 26.0 Å². The van der Waals surface area contributed by atoms with Gasteiger partial charge in [-0.05, 0) is 12.1 Å². The lowest BCUT2D eigenvalue weighted by atomic mass is 9.94. The van der Waals surface area contributed by atoms with Crippen LogP contribution in [0.4, 0.5) is 0 Å². The third-order valence-electron chi connectivity index (χ3n) is 5.87. The summed E-state index contributed by atoms with van der Waals surface area (Å²) in [5.74, 6) is -1.40. The lowest BCUT2D eigenvalue weighted by Crippen LogP contribution is -2.49. The van der Waals surface area contributed by atoms with Crippen molar-refractivity contribution in [1.29, 1.82) is 0 Å². The number of guanidine groups is 1. The highest BCUT2D eigenvalue weighted by atomic mass is 35.5. The lowest BCUT2D eigenvalue weighted by Gasteiger charge is -2.19. The van der Waals surface area contributed by atoms with E-state index in [-0.39, 0.29) is 28.2 Å². The molecule has 6 N–H and O–H groups in total. The standard InChI is InChI=1S/C20H25Cl2N7O6S/c21-12-2-1-3-13(22)16(12)36(33,34)29-15(18(31)32)9-25-17(30)14-7-20(35-28-14)6-11(27-10-20)8-26-19-23-4-5-24-19/h1-3,11,15,27,29H,4-10H2,(H,25,30)(H,31,32)(H2,23,24,26)/t11?,15-,20?/m0/s1. The van der Waals surface area contributed by atoms with Gasteiger partial charge in [-0.2, -0.15) is 4.72 Å². The first-order valence-electron chi connectivity index (χ1n) is 11.1. The topological polar surface area (TPSA) is 183 Å². The van der Waals surface area contributed by atoms with Crippen LogP contribution in [0.25, 0.3) is 0 Å². The van der Waals surface area contributed by atoms with E-state index in [1.54, 1.807) is 0 Å². The number of carboxylic acids is 1. The van der Waals surface area contributed by atoms with Gasteiger partial charge in [0.15, 0.2) is 11.6 Å². The number of nitrogens with one attached hydrogen (secondary N) is 5. The van der Waals surface area contributed by atoms with E-state index >= 15 is 0 Å². The maximum atomic E-state index is 12.7. The van der Waals surface area contributed by atoms with Gasteiger partial charge in [0.25, 0.3) is 5.91 Å². The van der Waals surface area contributed by atoms with Gasteiger partial charge in [-0.25, -0.2) is 8.42 Å². The summed E-state index contributed by atoms with van der Waals surface area (Å²) in [6, 6.07) is 2.47. The number of nitrogens with zero attached hydrogens (tertiary/aromatic N) is 2. The molecule has 13 nitrogen and oxygen atoms in total. The van der Waals surface area contributed by atoms with Gasteiger partial charge < -0.3 is 31.2 Å². The second-order valence-corrected chi connectivity index (χ2v) is 11.0. The predicted octanol–water partition coefficient (Wildman–Crippen LogP) is -0.733. The summed E-state index contributed by atoms with van der Waals surface area (Å²) >= 11 is 11.9. The Morgan fingerprint density at radius 2 is 2.06 bits per heavy atom. The Morgan fingerprint density at radius 3 is 2.72 bits per heavy atom. The van der Waals surface area contributed by atoms with Crippen LogP contribution in [0.2, 0.25) is 10.0 Å². The van der Waals surface area contributed by atoms with Crippen LogP contribution in [0.15, 0.2) is 33.2 Å². The Labute approximate surface area is 217 Å². The van der Waals surface area contributed by atoms with Gasteiger partial charge in [0.2, 0.25) is 10.0 Å². The highest BCUT2D eigenvalue weighted by Gasteiger charge is 2.47. The molecule has 3 aliphatic rings. The molecule has 0 saturated carbocycles. The van der Waals surface area contributed by atoms with Crippen LogP contribution in [0, 0.1) is 0 Å². The molecular weight excluding hydrogens is 537 g/mol. The van der Waals surface area contributed by atoms with Gasteiger partial charge in [-0.1, -0.05) is 34.4 Å². The minimum Gasteiger partial charge on any atom is -0.480 e. The first-order chi connectivity index (χ1) is 17.1. The first kappa shape index (κ1) is 26.4. The monoisotopic (exact) mass is 561 g/mol. The Hall–Kier alpha value is -2.65. The van der Waals surface area contributed by atoms with E-state index < -0.39 is 45.0 Å². The smallest absolute Gasteiger partial charge is 0.323 e. The van der Waals surface area contributed by atoms with Crippen molar-refractivity contribution >= 4 is 56.8 Å². The molecule has 0 radical (unpaired) electrons. The van der Waals surface area contributed by atoms with Gasteiger partial charge in [-0.3, -0.25) is 14.6 Å². The van der Waals surface area contributed by atoms with Crippen molar-refractivity contribution in [2.75, 3.05) is 32.7 Å². The Bertz CT molecular complexity index is 1190. The van der Waals surface area contributed by atoms with Crippen molar-refractivity contribution < 1.29 is 28.0 Å². The van der Waals surface area contributed by atoms with E-state index in [1.165, 1.54) is 18.2 Å². The zero-order valence-corrected chi connectivity index (χ0v) is 21.2. The third-order valence-corrected chi connectivity index (χ3v) is 8.30. The van der Waals surface area contributed by atoms with Gasteiger partial charge >= 0.3 is 5.97 Å². The summed E-state index contributed by atoms with van der Waals surface area (Å²) in [5, 5.41) is 25.2. The van der Waals surface area contributed by atoms with E-state index in [0.29, 0.717) is 19.5 Å². The van der Waals surface area contributed by atoms with E-state index in [2.05, 4.69) is 31.4 Å². The Morgan fingerprint density at radius 1 is 1.31 bits per heavy atom. The number of hydrogen-bond donors (Lipinski definition) is 6. The average Bonchev–Trinajstić information content (AvgIpc) is 3.57. The number of aliphatic carboxylic acids is 1. The van der Waals surface area contributed by atoms with Crippen molar-refractivity contribution in [3.8, 4) is 0 Å². The van der Waals surface area contributed by atoms with Crippen LogP contribution in [-0.2, 0) is 24.4 Å². The third kappa shape index (κ3) is 6.00. The molecule has 3 heterocycles. The number of aliphatic imine (C=N–C) groups is 1. The number of amides is 1. The molecular formula is C20H25Cl2N7O6S. The van der Waals surface area contributed by atoms with E-state index in [4.69, 9.17) is 28.0 Å². The van der Waals surface area contributed by atoms with E-state index in [9.17, 15) is 23.1 Å². The zero-order valence-electron chi connectivity index (χ0n) is 18.9. The normalized spacial score (nSPS) is 24.0. The molecule has 2 unspecified atom stereocenters. The molecule has 1 saturated heterocycles. The number of rotatable bonds is 9. The molecule has 16 heteroatoms. The highest BCUT2D eigenvalue weighted by Crippen LogP contribution is 2.32. The fourth-order valence-corrected chi connectivity index (χ4v) is 6.45. The first-order valence-corrected chi connectivity index (χ1v) is 13.3. The number of carboxylic acid groups (broad SMARTS) is 1. The molecule has 36 heavy (non-hydrogen) atoms. The van der Waals surface area contributed by atoms with Crippen LogP contribution in [0.1, 0.15) is 12.8 Å². The van der Waals surface area contributed by atoms with Crippen LogP contribution in [0.5, 0.6) is 0 Å². The summed E-state index contributed by atoms with van der Waals surface area (Å²) in [5.41, 5.74) is -0.591. The molecule has 196 valence electrons. The molecule has 3 aliphatic heterocycles. The summed E-state index contributed by atoms with van der Waals surface area (Å²) in [6.07, 6.45) is 0.823. The number of halogens is 2. The fraction of sp³-hybridized carbons (Fsp3) is 0.500. The van der Waals surface area contributed by atoms with Gasteiger partial charge in [0.1, 0.15) is 16.6 Å². The van der Waals surface area contributed by atoms with Crippen molar-refractivity contribution in [2.45, 2.75) is 35.4 Å². The number of hydrogen-bond acceptors (Lipinski definition) is 10. The molecule has 1 amide bonds. The summed E-state index contributed by atoms with van der Waals surface area (Å²) < 4.78 is 27.4. The fourth-order valence-electron chi connectivity index (χ4n) is 4.11. The molecule has 0 bridgehead atoms. The maximum Gasteiger partial charge on any atom is 0.323 e. The number of carbonyl (C=O) groups excluding carboxylic acids is 1. The summed E-state index contributed by atoms with van der Waals surface area (Å²) in [6.45, 7) is 2.10. The van der Waals surface area contributed by atoms with E-state index in [1.807, 2.05) is 4.72 Å². The number of carbonyl (C=O) groups is 2.